The van der Waals surface area contributed by atoms with Crippen LogP contribution in [-0.4, -0.2) is 21.3 Å². The van der Waals surface area contributed by atoms with Gasteiger partial charge in [0.25, 0.3) is 5.69 Å². The Morgan fingerprint density at radius 2 is 2.00 bits per heavy atom. The van der Waals surface area contributed by atoms with Gasteiger partial charge in [0.1, 0.15) is 0 Å². The molecule has 8 heteroatoms. The van der Waals surface area contributed by atoms with Gasteiger partial charge in [-0.3, -0.25) is 15.2 Å². The number of nitrogens with zero attached hydrogens (tertiary/aromatic N) is 2. The number of hydrogen-bond acceptors (Lipinski definition) is 3. The number of H-pyrrole nitrogens is 1. The number of alkyl halides is 3. The third kappa shape index (κ3) is 3.09. The number of nitro groups is 1. The van der Waals surface area contributed by atoms with E-state index in [2.05, 4.69) is 10.2 Å². The molecule has 1 N–H and O–H groups in total. The first-order chi connectivity index (χ1) is 8.87. The lowest BCUT2D eigenvalue weighted by atomic mass is 10.1. The van der Waals surface area contributed by atoms with Gasteiger partial charge in [0.05, 0.1) is 28.3 Å². The molecule has 0 radical (unpaired) electrons. The Hall–Kier alpha value is -2.38. The number of nitro benzene ring substituents is 1. The number of aromatic amines is 1. The molecule has 0 bridgehead atoms. The van der Waals surface area contributed by atoms with Gasteiger partial charge < -0.3 is 0 Å². The Labute approximate surface area is 105 Å². The van der Waals surface area contributed by atoms with E-state index in [0.717, 1.165) is 6.07 Å². The van der Waals surface area contributed by atoms with Gasteiger partial charge in [-0.05, 0) is 12.1 Å². The maximum atomic E-state index is 12.2. The van der Waals surface area contributed by atoms with Crippen LogP contribution in [0.15, 0.2) is 30.3 Å². The Bertz CT molecular complexity index is 607. The van der Waals surface area contributed by atoms with E-state index < -0.39 is 17.5 Å². The number of aromatic nitrogens is 2. The lowest BCUT2D eigenvalue weighted by molar-refractivity contribution is -0.384. The van der Waals surface area contributed by atoms with Crippen LogP contribution >= 0.6 is 0 Å². The van der Waals surface area contributed by atoms with Crippen molar-refractivity contribution < 1.29 is 18.1 Å². The summed E-state index contributed by atoms with van der Waals surface area (Å²) >= 11 is 0. The first-order valence-electron chi connectivity index (χ1n) is 5.21. The van der Waals surface area contributed by atoms with Crippen molar-refractivity contribution in [2.75, 3.05) is 0 Å². The molecule has 1 aromatic carbocycles. The van der Waals surface area contributed by atoms with Gasteiger partial charge in [-0.25, -0.2) is 0 Å². The molecule has 5 nitrogen and oxygen atoms in total. The average molecular weight is 271 g/mol. The van der Waals surface area contributed by atoms with Crippen molar-refractivity contribution in [2.24, 2.45) is 0 Å². The highest BCUT2D eigenvalue weighted by Crippen LogP contribution is 2.29. The van der Waals surface area contributed by atoms with E-state index in [1.165, 1.54) is 18.2 Å². The van der Waals surface area contributed by atoms with Crippen LogP contribution in [0.2, 0.25) is 0 Å². The molecule has 0 atom stereocenters. The first kappa shape index (κ1) is 13.1. The molecule has 0 aliphatic heterocycles. The molecule has 0 aliphatic carbocycles. The summed E-state index contributed by atoms with van der Waals surface area (Å²) in [7, 11) is 0. The molecule has 0 amide bonds. The quantitative estimate of drug-likeness (QED) is 0.688. The molecule has 0 spiro atoms. The van der Waals surface area contributed by atoms with Crippen LogP contribution in [0, 0.1) is 10.1 Å². The Morgan fingerprint density at radius 3 is 2.63 bits per heavy atom. The minimum atomic E-state index is -4.37. The first-order valence-corrected chi connectivity index (χ1v) is 5.21. The fourth-order valence-electron chi connectivity index (χ4n) is 1.66. The summed E-state index contributed by atoms with van der Waals surface area (Å²) in [5.74, 6) is 0. The molecule has 0 fully saturated rings. The van der Waals surface area contributed by atoms with E-state index in [9.17, 15) is 23.3 Å². The lowest BCUT2D eigenvalue weighted by Gasteiger charge is -2.01. The van der Waals surface area contributed by atoms with Crippen molar-refractivity contribution in [3.05, 3.63) is 46.1 Å². The summed E-state index contributed by atoms with van der Waals surface area (Å²) in [5.41, 5.74) is -0.00895. The van der Waals surface area contributed by atoms with Crippen LogP contribution in [0.25, 0.3) is 11.3 Å². The molecule has 0 aliphatic rings. The van der Waals surface area contributed by atoms with E-state index in [0.29, 0.717) is 0 Å². The van der Waals surface area contributed by atoms with E-state index in [1.807, 2.05) is 0 Å². The number of rotatable bonds is 3. The number of benzene rings is 1. The Kier molecular flexibility index (Phi) is 3.24. The molecule has 2 aromatic rings. The minimum absolute atomic E-state index is 0.187. The third-order valence-corrected chi connectivity index (χ3v) is 2.40. The minimum Gasteiger partial charge on any atom is -0.277 e. The molecular formula is C11H8F3N3O2. The molecule has 1 aromatic heterocycles. The van der Waals surface area contributed by atoms with Gasteiger partial charge in [0.15, 0.2) is 0 Å². The molecule has 0 unspecified atom stereocenters. The summed E-state index contributed by atoms with van der Waals surface area (Å²) in [4.78, 5) is 10.2. The van der Waals surface area contributed by atoms with Crippen LogP contribution in [0.5, 0.6) is 0 Å². The van der Waals surface area contributed by atoms with Crippen LogP contribution < -0.4 is 0 Å². The van der Waals surface area contributed by atoms with Gasteiger partial charge in [0, 0.05) is 6.07 Å². The number of halogens is 3. The van der Waals surface area contributed by atoms with Crippen LogP contribution in [0.1, 0.15) is 5.69 Å². The summed E-state index contributed by atoms with van der Waals surface area (Å²) in [6.07, 6.45) is -5.54. The van der Waals surface area contributed by atoms with Gasteiger partial charge in [0.2, 0.25) is 0 Å². The van der Waals surface area contributed by atoms with E-state index >= 15 is 0 Å². The third-order valence-electron chi connectivity index (χ3n) is 2.40. The second-order valence-electron chi connectivity index (χ2n) is 3.84. The number of hydrogen-bond donors (Lipinski definition) is 1. The fraction of sp³-hybridized carbons (Fsp3) is 0.182. The lowest BCUT2D eigenvalue weighted by Crippen LogP contribution is -2.11. The molecule has 0 saturated heterocycles. The number of nitrogens with one attached hydrogen (secondary N) is 1. The van der Waals surface area contributed by atoms with Crippen molar-refractivity contribution in [3.8, 4) is 11.3 Å². The van der Waals surface area contributed by atoms with Gasteiger partial charge in [-0.2, -0.15) is 18.3 Å². The van der Waals surface area contributed by atoms with E-state index in [-0.39, 0.29) is 22.6 Å². The number of para-hydroxylation sites is 1. The van der Waals surface area contributed by atoms with Gasteiger partial charge in [-0.1, -0.05) is 12.1 Å². The maximum Gasteiger partial charge on any atom is 0.394 e. The Morgan fingerprint density at radius 1 is 1.32 bits per heavy atom. The molecular weight excluding hydrogens is 263 g/mol. The zero-order chi connectivity index (χ0) is 14.0. The zero-order valence-electron chi connectivity index (χ0n) is 9.44. The summed E-state index contributed by atoms with van der Waals surface area (Å²) in [6.45, 7) is 0. The van der Waals surface area contributed by atoms with Crippen molar-refractivity contribution in [3.63, 3.8) is 0 Å². The van der Waals surface area contributed by atoms with Gasteiger partial charge >= 0.3 is 6.18 Å². The highest BCUT2D eigenvalue weighted by atomic mass is 19.4. The molecule has 0 saturated carbocycles. The second-order valence-corrected chi connectivity index (χ2v) is 3.84. The predicted octanol–water partition coefficient (Wildman–Crippen LogP) is 3.09. The topological polar surface area (TPSA) is 71.8 Å². The normalized spacial score (nSPS) is 11.5. The van der Waals surface area contributed by atoms with Crippen molar-refractivity contribution in [2.45, 2.75) is 12.6 Å². The summed E-state index contributed by atoms with van der Waals surface area (Å²) < 4.78 is 36.6. The highest BCUT2D eigenvalue weighted by Gasteiger charge is 2.29. The smallest absolute Gasteiger partial charge is 0.277 e. The summed E-state index contributed by atoms with van der Waals surface area (Å²) in [6, 6.07) is 6.93. The standard InChI is InChI=1S/C11H8F3N3O2/c12-11(13,14)6-7-5-9(16-15-7)8-3-1-2-4-10(8)17(18)19/h1-5H,6H2,(H,15,16). The van der Waals surface area contributed by atoms with Crippen molar-refractivity contribution in [1.29, 1.82) is 0 Å². The van der Waals surface area contributed by atoms with E-state index in [1.54, 1.807) is 6.07 Å². The largest absolute Gasteiger partial charge is 0.394 e. The highest BCUT2D eigenvalue weighted by molar-refractivity contribution is 5.70. The SMILES string of the molecule is O=[N+]([O-])c1ccccc1-c1cc(CC(F)(F)F)n[nH]1. The maximum absolute atomic E-state index is 12.2. The fourth-order valence-corrected chi connectivity index (χ4v) is 1.66. The van der Waals surface area contributed by atoms with Crippen LogP contribution in [0.4, 0.5) is 18.9 Å². The molecule has 19 heavy (non-hydrogen) atoms. The zero-order valence-corrected chi connectivity index (χ0v) is 9.44. The second kappa shape index (κ2) is 4.71. The molecule has 2 rings (SSSR count). The Balaban J connectivity index is 2.36. The average Bonchev–Trinajstić information content (AvgIpc) is 2.75. The van der Waals surface area contributed by atoms with Crippen LogP contribution in [-0.2, 0) is 6.42 Å². The predicted molar refractivity (Wildman–Crippen MR) is 60.4 cm³/mol. The van der Waals surface area contributed by atoms with Crippen molar-refractivity contribution in [1.82, 2.24) is 10.2 Å². The molecule has 1 heterocycles. The van der Waals surface area contributed by atoms with E-state index in [4.69, 9.17) is 0 Å². The van der Waals surface area contributed by atoms with Crippen LogP contribution in [0.3, 0.4) is 0 Å². The van der Waals surface area contributed by atoms with Gasteiger partial charge in [-0.15, -0.1) is 0 Å². The van der Waals surface area contributed by atoms with Crippen molar-refractivity contribution >= 4 is 5.69 Å². The summed E-state index contributed by atoms with van der Waals surface area (Å²) in [5, 5.41) is 16.7. The molecule has 100 valence electrons. The monoisotopic (exact) mass is 271 g/mol.